The van der Waals surface area contributed by atoms with Gasteiger partial charge in [-0.15, -0.1) is 0 Å². The Balaban J connectivity index is 1.64. The van der Waals surface area contributed by atoms with Crippen molar-refractivity contribution in [3.05, 3.63) is 46.0 Å². The first-order chi connectivity index (χ1) is 11.7. The van der Waals surface area contributed by atoms with E-state index >= 15 is 0 Å². The zero-order valence-electron chi connectivity index (χ0n) is 13.8. The number of fused-ring (bicyclic) bond motifs is 1. The summed E-state index contributed by atoms with van der Waals surface area (Å²) in [6.07, 6.45) is 5.81. The first-order valence-corrected chi connectivity index (χ1v) is 9.16. The lowest BCUT2D eigenvalue weighted by Gasteiger charge is -2.20. The zero-order chi connectivity index (χ0) is 16.9. The number of nitrogens with one attached hydrogen (secondary N) is 2. The van der Waals surface area contributed by atoms with Crippen molar-refractivity contribution < 1.29 is 4.79 Å². The molecule has 0 spiro atoms. The predicted octanol–water partition coefficient (Wildman–Crippen LogP) is 3.33. The van der Waals surface area contributed by atoms with Crippen molar-refractivity contribution >= 4 is 22.0 Å². The summed E-state index contributed by atoms with van der Waals surface area (Å²) in [5.74, 6) is 0.762. The molecule has 3 rings (SSSR count). The molecule has 0 fully saturated rings. The summed E-state index contributed by atoms with van der Waals surface area (Å²) in [7, 11) is 0. The van der Waals surface area contributed by atoms with Gasteiger partial charge in [0, 0.05) is 11.0 Å². The third-order valence-corrected chi connectivity index (χ3v) is 4.87. The molecule has 1 aromatic heterocycles. The number of rotatable bonds is 4. The van der Waals surface area contributed by atoms with Gasteiger partial charge in [0.2, 0.25) is 0 Å². The van der Waals surface area contributed by atoms with E-state index in [0.29, 0.717) is 6.54 Å². The highest BCUT2D eigenvalue weighted by Crippen LogP contribution is 2.30. The molecule has 1 aliphatic carbocycles. The van der Waals surface area contributed by atoms with E-state index in [0.717, 1.165) is 42.5 Å². The van der Waals surface area contributed by atoms with Crippen LogP contribution in [0.5, 0.6) is 0 Å². The van der Waals surface area contributed by atoms with Crippen molar-refractivity contribution in [1.82, 2.24) is 25.4 Å². The van der Waals surface area contributed by atoms with Gasteiger partial charge in [0.25, 0.3) is 0 Å². The van der Waals surface area contributed by atoms with Gasteiger partial charge in [-0.2, -0.15) is 5.10 Å². The molecule has 0 saturated carbocycles. The molecule has 2 N–H and O–H groups in total. The second kappa shape index (κ2) is 7.79. The van der Waals surface area contributed by atoms with Crippen LogP contribution in [0.1, 0.15) is 49.2 Å². The largest absolute Gasteiger partial charge is 0.331 e. The lowest BCUT2D eigenvalue weighted by Crippen LogP contribution is -2.38. The van der Waals surface area contributed by atoms with Gasteiger partial charge in [-0.25, -0.2) is 14.5 Å². The van der Waals surface area contributed by atoms with Crippen LogP contribution in [0.3, 0.4) is 0 Å². The first-order valence-electron chi connectivity index (χ1n) is 8.36. The van der Waals surface area contributed by atoms with E-state index in [9.17, 15) is 4.79 Å². The third kappa shape index (κ3) is 3.95. The topological polar surface area (TPSA) is 71.8 Å². The van der Waals surface area contributed by atoms with Gasteiger partial charge in [0.05, 0.1) is 12.6 Å². The maximum atomic E-state index is 12.3. The Labute approximate surface area is 150 Å². The fourth-order valence-electron chi connectivity index (χ4n) is 3.16. The molecule has 2 amide bonds. The summed E-state index contributed by atoms with van der Waals surface area (Å²) in [6, 6.07) is 6.21. The van der Waals surface area contributed by atoms with Crippen LogP contribution in [0.4, 0.5) is 4.79 Å². The SMILES string of the molecule is CCn1ncnc1CNC(=O)N[C@H]1CCCCc2cc(Br)ccc21. The predicted molar refractivity (Wildman–Crippen MR) is 95.5 cm³/mol. The minimum absolute atomic E-state index is 0.0552. The molecule has 1 aliphatic rings. The number of aromatic nitrogens is 3. The van der Waals surface area contributed by atoms with E-state index in [2.05, 4.69) is 48.8 Å². The minimum atomic E-state index is -0.165. The number of carbonyl (C=O) groups excluding carboxylic acids is 1. The Bertz CT molecular complexity index is 715. The summed E-state index contributed by atoms with van der Waals surface area (Å²) in [4.78, 5) is 16.5. The summed E-state index contributed by atoms with van der Waals surface area (Å²) in [5, 5.41) is 10.1. The van der Waals surface area contributed by atoms with Crippen LogP contribution in [0.25, 0.3) is 0 Å². The Morgan fingerprint density at radius 3 is 3.12 bits per heavy atom. The molecule has 1 aromatic carbocycles. The molecule has 7 heteroatoms. The minimum Gasteiger partial charge on any atom is -0.331 e. The molecule has 0 bridgehead atoms. The van der Waals surface area contributed by atoms with Crippen LogP contribution in [0.2, 0.25) is 0 Å². The third-order valence-electron chi connectivity index (χ3n) is 4.38. The standard InChI is InChI=1S/C17H22BrN5O/c1-2-23-16(20-11-21-23)10-19-17(24)22-15-6-4-3-5-12-9-13(18)7-8-14(12)15/h7-9,11,15H,2-6,10H2,1H3,(H2,19,22,24)/t15-/m0/s1. The van der Waals surface area contributed by atoms with Gasteiger partial charge < -0.3 is 10.6 Å². The number of aryl methyl sites for hydroxylation is 2. The number of carbonyl (C=O) groups is 1. The normalized spacial score (nSPS) is 17.0. The Morgan fingerprint density at radius 2 is 2.29 bits per heavy atom. The van der Waals surface area contributed by atoms with Crippen LogP contribution in [-0.2, 0) is 19.5 Å². The Kier molecular flexibility index (Phi) is 5.50. The summed E-state index contributed by atoms with van der Waals surface area (Å²) in [5.41, 5.74) is 2.54. The molecule has 1 atom stereocenters. The van der Waals surface area contributed by atoms with Crippen LogP contribution in [0.15, 0.2) is 29.0 Å². The lowest BCUT2D eigenvalue weighted by molar-refractivity contribution is 0.235. The van der Waals surface area contributed by atoms with Gasteiger partial charge in [0.1, 0.15) is 12.2 Å². The molecule has 6 nitrogen and oxygen atoms in total. The fraction of sp³-hybridized carbons (Fsp3) is 0.471. The fourth-order valence-corrected chi connectivity index (χ4v) is 3.57. The van der Waals surface area contributed by atoms with E-state index in [-0.39, 0.29) is 12.1 Å². The molecule has 0 radical (unpaired) electrons. The highest BCUT2D eigenvalue weighted by molar-refractivity contribution is 9.10. The van der Waals surface area contributed by atoms with Crippen LogP contribution in [-0.4, -0.2) is 20.8 Å². The Hall–Kier alpha value is -1.89. The average Bonchev–Trinajstić information content (AvgIpc) is 2.95. The second-order valence-corrected chi connectivity index (χ2v) is 6.88. The smallest absolute Gasteiger partial charge is 0.315 e. The highest BCUT2D eigenvalue weighted by Gasteiger charge is 2.20. The summed E-state index contributed by atoms with van der Waals surface area (Å²) < 4.78 is 2.86. The van der Waals surface area contributed by atoms with Gasteiger partial charge in [-0.1, -0.05) is 28.4 Å². The van der Waals surface area contributed by atoms with E-state index in [1.807, 2.05) is 13.0 Å². The first kappa shape index (κ1) is 17.0. The average molecular weight is 392 g/mol. The Morgan fingerprint density at radius 1 is 1.42 bits per heavy atom. The van der Waals surface area contributed by atoms with Crippen molar-refractivity contribution in [1.29, 1.82) is 0 Å². The molecule has 0 saturated heterocycles. The van der Waals surface area contributed by atoms with Crippen molar-refractivity contribution in [3.63, 3.8) is 0 Å². The molecular formula is C17H22BrN5O. The maximum Gasteiger partial charge on any atom is 0.315 e. The van der Waals surface area contributed by atoms with E-state index < -0.39 is 0 Å². The maximum absolute atomic E-state index is 12.3. The van der Waals surface area contributed by atoms with Gasteiger partial charge in [0.15, 0.2) is 0 Å². The number of amides is 2. The molecule has 24 heavy (non-hydrogen) atoms. The number of hydrogen-bond acceptors (Lipinski definition) is 3. The molecular weight excluding hydrogens is 370 g/mol. The highest BCUT2D eigenvalue weighted by atomic mass is 79.9. The van der Waals surface area contributed by atoms with E-state index in [1.165, 1.54) is 17.5 Å². The van der Waals surface area contributed by atoms with Crippen molar-refractivity contribution in [2.45, 2.75) is 51.7 Å². The van der Waals surface area contributed by atoms with Crippen LogP contribution in [0, 0.1) is 0 Å². The van der Waals surface area contributed by atoms with E-state index in [4.69, 9.17) is 0 Å². The summed E-state index contributed by atoms with van der Waals surface area (Å²) in [6.45, 7) is 3.11. The summed E-state index contributed by atoms with van der Waals surface area (Å²) >= 11 is 3.53. The van der Waals surface area contributed by atoms with Gasteiger partial charge in [-0.3, -0.25) is 0 Å². The van der Waals surface area contributed by atoms with Gasteiger partial charge in [-0.05, 0) is 49.4 Å². The monoisotopic (exact) mass is 391 g/mol. The van der Waals surface area contributed by atoms with Crippen LogP contribution >= 0.6 is 15.9 Å². The number of halogens is 1. The van der Waals surface area contributed by atoms with E-state index in [1.54, 1.807) is 4.68 Å². The van der Waals surface area contributed by atoms with Crippen molar-refractivity contribution in [3.8, 4) is 0 Å². The number of hydrogen-bond donors (Lipinski definition) is 2. The van der Waals surface area contributed by atoms with Gasteiger partial charge >= 0.3 is 6.03 Å². The molecule has 128 valence electrons. The number of nitrogens with zero attached hydrogens (tertiary/aromatic N) is 3. The lowest BCUT2D eigenvalue weighted by atomic mass is 9.99. The van der Waals surface area contributed by atoms with Crippen molar-refractivity contribution in [2.24, 2.45) is 0 Å². The van der Waals surface area contributed by atoms with Crippen molar-refractivity contribution in [2.75, 3.05) is 0 Å². The molecule has 1 heterocycles. The second-order valence-electron chi connectivity index (χ2n) is 5.96. The molecule has 2 aromatic rings. The number of benzene rings is 1. The quantitative estimate of drug-likeness (QED) is 0.785. The number of urea groups is 1. The molecule has 0 unspecified atom stereocenters. The van der Waals surface area contributed by atoms with Crippen LogP contribution < -0.4 is 10.6 Å². The zero-order valence-corrected chi connectivity index (χ0v) is 15.3. The molecule has 0 aliphatic heterocycles.